The summed E-state index contributed by atoms with van der Waals surface area (Å²) >= 11 is 0. The van der Waals surface area contributed by atoms with Crippen LogP contribution in [0.25, 0.3) is 0 Å². The van der Waals surface area contributed by atoms with E-state index in [-0.39, 0.29) is 6.04 Å². The van der Waals surface area contributed by atoms with Gasteiger partial charge in [0.25, 0.3) is 0 Å². The van der Waals surface area contributed by atoms with Crippen LogP contribution in [-0.2, 0) is 20.0 Å². The van der Waals surface area contributed by atoms with Gasteiger partial charge in [-0.05, 0) is 26.3 Å². The first-order valence-corrected chi connectivity index (χ1v) is 6.38. The number of imidazole rings is 1. The number of nitrogens with zero attached hydrogens (tertiary/aromatic N) is 4. The average molecular weight is 247 g/mol. The molecule has 2 aromatic heterocycles. The highest BCUT2D eigenvalue weighted by Gasteiger charge is 2.13. The molecule has 2 N–H and O–H groups in total. The zero-order valence-electron chi connectivity index (χ0n) is 11.3. The SMILES string of the molecule is CCn1nc(C)cc1C(N)CCc1nccn1C. The van der Waals surface area contributed by atoms with Crippen LogP contribution >= 0.6 is 0 Å². The molecule has 2 rings (SSSR count). The molecular weight excluding hydrogens is 226 g/mol. The molecule has 0 saturated heterocycles. The third-order valence-electron chi connectivity index (χ3n) is 3.21. The van der Waals surface area contributed by atoms with Crippen molar-refractivity contribution in [2.45, 2.75) is 39.3 Å². The minimum atomic E-state index is 0.0165. The summed E-state index contributed by atoms with van der Waals surface area (Å²) in [5.41, 5.74) is 8.40. The Kier molecular flexibility index (Phi) is 3.81. The topological polar surface area (TPSA) is 61.7 Å². The zero-order valence-corrected chi connectivity index (χ0v) is 11.3. The predicted molar refractivity (Wildman–Crippen MR) is 71.1 cm³/mol. The smallest absolute Gasteiger partial charge is 0.108 e. The van der Waals surface area contributed by atoms with Crippen LogP contribution in [-0.4, -0.2) is 19.3 Å². The third kappa shape index (κ3) is 2.61. The maximum atomic E-state index is 6.25. The van der Waals surface area contributed by atoms with Gasteiger partial charge in [-0.25, -0.2) is 4.98 Å². The standard InChI is InChI=1S/C13H21N5/c1-4-18-12(9-10(2)16-18)11(14)5-6-13-15-7-8-17(13)3/h7-9,11H,4-6,14H2,1-3H3. The molecule has 0 fully saturated rings. The van der Waals surface area contributed by atoms with Crippen molar-refractivity contribution in [1.82, 2.24) is 19.3 Å². The molecule has 0 amide bonds. The van der Waals surface area contributed by atoms with Gasteiger partial charge < -0.3 is 10.3 Å². The Morgan fingerprint density at radius 3 is 2.83 bits per heavy atom. The van der Waals surface area contributed by atoms with Crippen LogP contribution in [0.1, 0.15) is 36.6 Å². The summed E-state index contributed by atoms with van der Waals surface area (Å²) in [7, 11) is 2.01. The van der Waals surface area contributed by atoms with E-state index in [1.807, 2.05) is 35.6 Å². The molecule has 98 valence electrons. The predicted octanol–water partition coefficient (Wildman–Crippen LogP) is 1.58. The molecule has 5 heteroatoms. The van der Waals surface area contributed by atoms with E-state index in [4.69, 9.17) is 5.73 Å². The fourth-order valence-electron chi connectivity index (χ4n) is 2.19. The van der Waals surface area contributed by atoms with Gasteiger partial charge in [0.05, 0.1) is 11.4 Å². The minimum absolute atomic E-state index is 0.0165. The van der Waals surface area contributed by atoms with E-state index in [0.29, 0.717) is 0 Å². The highest BCUT2D eigenvalue weighted by molar-refractivity contribution is 5.13. The van der Waals surface area contributed by atoms with Crippen molar-refractivity contribution in [3.63, 3.8) is 0 Å². The summed E-state index contributed by atoms with van der Waals surface area (Å²) in [5.74, 6) is 1.07. The first kappa shape index (κ1) is 12.8. The number of aromatic nitrogens is 4. The van der Waals surface area contributed by atoms with E-state index in [2.05, 4.69) is 23.1 Å². The van der Waals surface area contributed by atoms with Gasteiger partial charge in [0.15, 0.2) is 0 Å². The van der Waals surface area contributed by atoms with Crippen LogP contribution in [0, 0.1) is 6.92 Å². The summed E-state index contributed by atoms with van der Waals surface area (Å²) in [4.78, 5) is 4.31. The van der Waals surface area contributed by atoms with Crippen LogP contribution in [0.4, 0.5) is 0 Å². The number of aryl methyl sites for hydroxylation is 4. The quantitative estimate of drug-likeness (QED) is 0.872. The van der Waals surface area contributed by atoms with Crippen LogP contribution in [0.2, 0.25) is 0 Å². The summed E-state index contributed by atoms with van der Waals surface area (Å²) in [6.07, 6.45) is 5.55. The minimum Gasteiger partial charge on any atom is -0.338 e. The van der Waals surface area contributed by atoms with Gasteiger partial charge in [-0.15, -0.1) is 0 Å². The Morgan fingerprint density at radius 2 is 2.22 bits per heavy atom. The maximum absolute atomic E-state index is 6.25. The van der Waals surface area contributed by atoms with Crippen LogP contribution in [0.3, 0.4) is 0 Å². The molecule has 1 atom stereocenters. The van der Waals surface area contributed by atoms with Gasteiger partial charge in [-0.2, -0.15) is 5.10 Å². The van der Waals surface area contributed by atoms with E-state index in [0.717, 1.165) is 36.6 Å². The Morgan fingerprint density at radius 1 is 1.44 bits per heavy atom. The van der Waals surface area contributed by atoms with E-state index >= 15 is 0 Å². The fourth-order valence-corrected chi connectivity index (χ4v) is 2.19. The van der Waals surface area contributed by atoms with Crippen molar-refractivity contribution in [3.05, 3.63) is 35.7 Å². The lowest BCUT2D eigenvalue weighted by Crippen LogP contribution is -2.17. The van der Waals surface area contributed by atoms with E-state index < -0.39 is 0 Å². The average Bonchev–Trinajstić information content (AvgIpc) is 2.92. The van der Waals surface area contributed by atoms with Crippen LogP contribution in [0.5, 0.6) is 0 Å². The second-order valence-electron chi connectivity index (χ2n) is 4.63. The monoisotopic (exact) mass is 247 g/mol. The molecule has 0 radical (unpaired) electrons. The van der Waals surface area contributed by atoms with Crippen molar-refractivity contribution in [1.29, 1.82) is 0 Å². The van der Waals surface area contributed by atoms with Gasteiger partial charge in [0, 0.05) is 38.4 Å². The summed E-state index contributed by atoms with van der Waals surface area (Å²) < 4.78 is 4.02. The number of rotatable bonds is 5. The van der Waals surface area contributed by atoms with E-state index in [1.54, 1.807) is 0 Å². The molecule has 0 saturated carbocycles. The van der Waals surface area contributed by atoms with Crippen molar-refractivity contribution in [2.75, 3.05) is 0 Å². The molecule has 0 spiro atoms. The zero-order chi connectivity index (χ0) is 13.1. The number of hydrogen-bond donors (Lipinski definition) is 1. The molecule has 1 unspecified atom stereocenters. The summed E-state index contributed by atoms with van der Waals surface area (Å²) in [6.45, 7) is 4.95. The molecule has 0 bridgehead atoms. The molecule has 2 aromatic rings. The van der Waals surface area contributed by atoms with E-state index in [9.17, 15) is 0 Å². The molecule has 0 aliphatic carbocycles. The highest BCUT2D eigenvalue weighted by atomic mass is 15.3. The molecule has 0 aromatic carbocycles. The number of hydrogen-bond acceptors (Lipinski definition) is 3. The lowest BCUT2D eigenvalue weighted by atomic mass is 10.1. The molecule has 18 heavy (non-hydrogen) atoms. The van der Waals surface area contributed by atoms with Gasteiger partial charge in [-0.3, -0.25) is 4.68 Å². The molecule has 5 nitrogen and oxygen atoms in total. The lowest BCUT2D eigenvalue weighted by Gasteiger charge is -2.13. The Labute approximate surface area is 108 Å². The van der Waals surface area contributed by atoms with Gasteiger partial charge in [-0.1, -0.05) is 0 Å². The Bertz CT molecular complexity index is 511. The lowest BCUT2D eigenvalue weighted by molar-refractivity contribution is 0.538. The third-order valence-corrected chi connectivity index (χ3v) is 3.21. The summed E-state index contributed by atoms with van der Waals surface area (Å²) in [5, 5.41) is 4.43. The van der Waals surface area contributed by atoms with E-state index in [1.165, 1.54) is 0 Å². The van der Waals surface area contributed by atoms with Crippen LogP contribution < -0.4 is 5.73 Å². The maximum Gasteiger partial charge on any atom is 0.108 e. The van der Waals surface area contributed by atoms with Crippen molar-refractivity contribution < 1.29 is 0 Å². The number of nitrogens with two attached hydrogens (primary N) is 1. The van der Waals surface area contributed by atoms with Crippen molar-refractivity contribution in [2.24, 2.45) is 12.8 Å². The van der Waals surface area contributed by atoms with Crippen LogP contribution in [0.15, 0.2) is 18.5 Å². The Balaban J connectivity index is 2.03. The van der Waals surface area contributed by atoms with Crippen molar-refractivity contribution in [3.8, 4) is 0 Å². The second-order valence-corrected chi connectivity index (χ2v) is 4.63. The van der Waals surface area contributed by atoms with Gasteiger partial charge >= 0.3 is 0 Å². The fraction of sp³-hybridized carbons (Fsp3) is 0.538. The molecule has 0 aliphatic rings. The molecule has 0 aliphatic heterocycles. The van der Waals surface area contributed by atoms with Crippen molar-refractivity contribution >= 4 is 0 Å². The first-order valence-electron chi connectivity index (χ1n) is 6.38. The summed E-state index contributed by atoms with van der Waals surface area (Å²) in [6, 6.07) is 2.09. The highest BCUT2D eigenvalue weighted by Crippen LogP contribution is 2.17. The second kappa shape index (κ2) is 5.35. The van der Waals surface area contributed by atoms with Gasteiger partial charge in [0.2, 0.25) is 0 Å². The van der Waals surface area contributed by atoms with Gasteiger partial charge in [0.1, 0.15) is 5.82 Å². The molecular formula is C13H21N5. The normalized spacial score (nSPS) is 12.9. The first-order chi connectivity index (χ1) is 8.61. The molecule has 2 heterocycles. The Hall–Kier alpha value is -1.62. The largest absolute Gasteiger partial charge is 0.338 e.